The van der Waals surface area contributed by atoms with Crippen LogP contribution < -0.4 is 9.64 Å². The molecule has 7 nitrogen and oxygen atoms in total. The number of hydrogen-bond donors (Lipinski definition) is 1. The maximum absolute atomic E-state index is 12.9. The molecule has 0 spiro atoms. The van der Waals surface area contributed by atoms with E-state index in [-0.39, 0.29) is 17.3 Å². The maximum atomic E-state index is 12.9. The number of anilines is 1. The molecule has 1 amide bonds. The van der Waals surface area contributed by atoms with Crippen LogP contribution in [0.3, 0.4) is 0 Å². The molecule has 1 aliphatic rings. The number of nitro groups is 1. The van der Waals surface area contributed by atoms with E-state index in [1.165, 1.54) is 36.3 Å². The molecule has 2 aromatic rings. The van der Waals surface area contributed by atoms with Crippen LogP contribution in [-0.2, 0) is 11.2 Å². The molecule has 1 heterocycles. The Hall–Kier alpha value is -3.17. The number of phenols is 1. The van der Waals surface area contributed by atoms with E-state index in [0.29, 0.717) is 38.2 Å². The van der Waals surface area contributed by atoms with E-state index in [2.05, 4.69) is 6.58 Å². The van der Waals surface area contributed by atoms with Crippen molar-refractivity contribution < 1.29 is 19.6 Å². The van der Waals surface area contributed by atoms with Gasteiger partial charge in [-0.15, -0.1) is 6.58 Å². The molecule has 2 aromatic carbocycles. The Labute approximate surface area is 176 Å². The van der Waals surface area contributed by atoms with E-state index in [1.54, 1.807) is 24.3 Å². The zero-order chi connectivity index (χ0) is 21.1. The number of benzene rings is 2. The summed E-state index contributed by atoms with van der Waals surface area (Å²) in [5.41, 5.74) is 1.68. The molecule has 0 unspecified atom stereocenters. The van der Waals surface area contributed by atoms with Crippen molar-refractivity contribution in [3.8, 4) is 11.5 Å². The number of nitro benzene ring substituents is 1. The molecule has 148 valence electrons. The molecule has 0 atom stereocenters. The smallest absolute Gasteiger partial charge is 0.270 e. The number of thioether (sulfide) groups is 1. The zero-order valence-corrected chi connectivity index (χ0v) is 17.0. The molecule has 1 aliphatic heterocycles. The summed E-state index contributed by atoms with van der Waals surface area (Å²) in [7, 11) is 1.45. The van der Waals surface area contributed by atoms with Crippen molar-refractivity contribution in [2.24, 2.45) is 0 Å². The minimum absolute atomic E-state index is 0.0305. The van der Waals surface area contributed by atoms with Crippen LogP contribution in [0.1, 0.15) is 11.1 Å². The normalized spacial score (nSPS) is 15.1. The molecule has 1 saturated heterocycles. The van der Waals surface area contributed by atoms with Crippen molar-refractivity contribution in [1.29, 1.82) is 0 Å². The summed E-state index contributed by atoms with van der Waals surface area (Å²) in [5.74, 6) is -0.00408. The number of hydrogen-bond acceptors (Lipinski definition) is 7. The Balaban J connectivity index is 1.95. The summed E-state index contributed by atoms with van der Waals surface area (Å²) in [6, 6.07) is 8.99. The van der Waals surface area contributed by atoms with Gasteiger partial charge in [-0.2, -0.15) is 0 Å². The second-order valence-electron chi connectivity index (χ2n) is 6.01. The number of methoxy groups -OCH3 is 1. The number of ether oxygens (including phenoxy) is 1. The van der Waals surface area contributed by atoms with Crippen LogP contribution >= 0.6 is 24.0 Å². The van der Waals surface area contributed by atoms with Crippen LogP contribution in [0, 0.1) is 10.1 Å². The maximum Gasteiger partial charge on any atom is 0.270 e. The third kappa shape index (κ3) is 4.15. The number of non-ortho nitro benzene ring substituents is 1. The summed E-state index contributed by atoms with van der Waals surface area (Å²) in [4.78, 5) is 24.9. The second kappa shape index (κ2) is 8.46. The molecule has 0 aromatic heterocycles. The average Bonchev–Trinajstić information content (AvgIpc) is 2.97. The number of allylic oxidation sites excluding steroid dienone is 1. The minimum atomic E-state index is -0.507. The first-order chi connectivity index (χ1) is 13.8. The molecule has 1 N–H and O–H groups in total. The van der Waals surface area contributed by atoms with Gasteiger partial charge in [-0.05, 0) is 42.3 Å². The van der Waals surface area contributed by atoms with Gasteiger partial charge in [0.1, 0.15) is 0 Å². The molecule has 0 bridgehead atoms. The first kappa shape index (κ1) is 20.6. The van der Waals surface area contributed by atoms with Crippen LogP contribution in [0.15, 0.2) is 54.0 Å². The second-order valence-corrected chi connectivity index (χ2v) is 7.69. The molecule has 0 saturated carbocycles. The van der Waals surface area contributed by atoms with Gasteiger partial charge in [0.05, 0.1) is 22.6 Å². The Kier molecular flexibility index (Phi) is 6.00. The first-order valence-corrected chi connectivity index (χ1v) is 9.61. The van der Waals surface area contributed by atoms with Crippen molar-refractivity contribution in [3.05, 3.63) is 75.2 Å². The highest BCUT2D eigenvalue weighted by molar-refractivity contribution is 8.27. The van der Waals surface area contributed by atoms with Gasteiger partial charge < -0.3 is 9.84 Å². The van der Waals surface area contributed by atoms with Crippen molar-refractivity contribution in [1.82, 2.24) is 0 Å². The Morgan fingerprint density at radius 1 is 1.34 bits per heavy atom. The van der Waals surface area contributed by atoms with E-state index >= 15 is 0 Å². The average molecular weight is 428 g/mol. The van der Waals surface area contributed by atoms with Gasteiger partial charge >= 0.3 is 0 Å². The van der Waals surface area contributed by atoms with Crippen molar-refractivity contribution >= 4 is 51.7 Å². The Morgan fingerprint density at radius 3 is 2.62 bits per heavy atom. The highest BCUT2D eigenvalue weighted by atomic mass is 32.2. The fraction of sp³-hybridized carbons (Fsp3) is 0.100. The number of aromatic hydroxyl groups is 1. The van der Waals surface area contributed by atoms with E-state index in [4.69, 9.17) is 17.0 Å². The summed E-state index contributed by atoms with van der Waals surface area (Å²) < 4.78 is 5.54. The number of carbonyl (C=O) groups is 1. The Bertz CT molecular complexity index is 1050. The highest BCUT2D eigenvalue weighted by Gasteiger charge is 2.33. The van der Waals surface area contributed by atoms with Crippen molar-refractivity contribution in [2.45, 2.75) is 6.42 Å². The number of amides is 1. The van der Waals surface area contributed by atoms with E-state index in [1.807, 2.05) is 0 Å². The van der Waals surface area contributed by atoms with Crippen LogP contribution in [0.2, 0.25) is 0 Å². The number of phenolic OH excluding ortho intramolecular Hbond substituents is 1. The van der Waals surface area contributed by atoms with Gasteiger partial charge in [0, 0.05) is 17.7 Å². The van der Waals surface area contributed by atoms with E-state index < -0.39 is 4.92 Å². The topological polar surface area (TPSA) is 92.9 Å². The largest absolute Gasteiger partial charge is 0.504 e. The molecular formula is C20H16N2O5S2. The first-order valence-electron chi connectivity index (χ1n) is 8.39. The monoisotopic (exact) mass is 428 g/mol. The fourth-order valence-electron chi connectivity index (χ4n) is 2.80. The van der Waals surface area contributed by atoms with E-state index in [9.17, 15) is 20.0 Å². The van der Waals surface area contributed by atoms with Gasteiger partial charge in [-0.1, -0.05) is 30.1 Å². The zero-order valence-electron chi connectivity index (χ0n) is 15.3. The quantitative estimate of drug-likeness (QED) is 0.239. The molecule has 0 radical (unpaired) electrons. The number of thiocarbonyl (C=S) groups is 1. The van der Waals surface area contributed by atoms with Crippen LogP contribution in [0.5, 0.6) is 11.5 Å². The lowest BCUT2D eigenvalue weighted by Gasteiger charge is -2.14. The van der Waals surface area contributed by atoms with E-state index in [0.717, 1.165) is 11.8 Å². The summed E-state index contributed by atoms with van der Waals surface area (Å²) in [6.07, 6.45) is 3.76. The molecule has 29 heavy (non-hydrogen) atoms. The number of carbonyl (C=O) groups excluding carboxylic acids is 1. The predicted octanol–water partition coefficient (Wildman–Crippen LogP) is 4.44. The standard InChI is InChI=1S/C20H16N2O5S2/c1-3-4-13-9-12(10-16(27-2)18(13)23)11-17-19(24)21(20(28)29-17)14-5-7-15(8-6-14)22(25)26/h3,5-11,23H,1,4H2,2H3/b17-11+. The molecule has 1 fully saturated rings. The van der Waals surface area contributed by atoms with Gasteiger partial charge in [0.25, 0.3) is 11.6 Å². The van der Waals surface area contributed by atoms with Gasteiger partial charge in [0.2, 0.25) is 0 Å². The van der Waals surface area contributed by atoms with Gasteiger partial charge in [0.15, 0.2) is 15.8 Å². The fourth-order valence-corrected chi connectivity index (χ4v) is 4.10. The summed E-state index contributed by atoms with van der Waals surface area (Å²) in [6.45, 7) is 3.68. The lowest BCUT2D eigenvalue weighted by Crippen LogP contribution is -2.27. The number of nitrogens with zero attached hydrogens (tertiary/aromatic N) is 2. The molecular weight excluding hydrogens is 412 g/mol. The SMILES string of the molecule is C=CCc1cc(/C=C2/SC(=S)N(c3ccc([N+](=O)[O-])cc3)C2=O)cc(OC)c1O. The van der Waals surface area contributed by atoms with Gasteiger partial charge in [-0.3, -0.25) is 19.8 Å². The third-order valence-corrected chi connectivity index (χ3v) is 5.47. The molecule has 9 heteroatoms. The summed E-state index contributed by atoms with van der Waals surface area (Å²) in [5, 5.41) is 21.0. The Morgan fingerprint density at radius 2 is 2.03 bits per heavy atom. The lowest BCUT2D eigenvalue weighted by atomic mass is 10.1. The van der Waals surface area contributed by atoms with Crippen LogP contribution in [0.4, 0.5) is 11.4 Å². The minimum Gasteiger partial charge on any atom is -0.504 e. The molecule has 3 rings (SSSR count). The third-order valence-electron chi connectivity index (χ3n) is 4.17. The highest BCUT2D eigenvalue weighted by Crippen LogP contribution is 2.38. The lowest BCUT2D eigenvalue weighted by molar-refractivity contribution is -0.384. The number of rotatable bonds is 6. The van der Waals surface area contributed by atoms with Crippen molar-refractivity contribution in [3.63, 3.8) is 0 Å². The summed E-state index contributed by atoms with van der Waals surface area (Å²) >= 11 is 6.46. The van der Waals surface area contributed by atoms with Crippen molar-refractivity contribution in [2.75, 3.05) is 12.0 Å². The predicted molar refractivity (Wildman–Crippen MR) is 117 cm³/mol. The molecule has 0 aliphatic carbocycles. The van der Waals surface area contributed by atoms with Crippen LogP contribution in [-0.4, -0.2) is 27.4 Å². The van der Waals surface area contributed by atoms with Gasteiger partial charge in [-0.25, -0.2) is 0 Å². The van der Waals surface area contributed by atoms with Crippen LogP contribution in [0.25, 0.3) is 6.08 Å².